The van der Waals surface area contributed by atoms with E-state index in [9.17, 15) is 4.79 Å². The molecule has 2 aromatic heterocycles. The number of thiazole rings is 1. The molecule has 0 bridgehead atoms. The Morgan fingerprint density at radius 1 is 1.00 bits per heavy atom. The van der Waals surface area contributed by atoms with Gasteiger partial charge in [0.1, 0.15) is 5.65 Å². The van der Waals surface area contributed by atoms with Crippen LogP contribution in [0.15, 0.2) is 71.5 Å². The molecule has 0 radical (unpaired) electrons. The molecule has 0 aliphatic carbocycles. The van der Waals surface area contributed by atoms with E-state index in [-0.39, 0.29) is 5.56 Å². The summed E-state index contributed by atoms with van der Waals surface area (Å²) in [6, 6.07) is 21.7. The highest BCUT2D eigenvalue weighted by Gasteiger charge is 2.20. The molecular formula is C25H19ClN2OS2. The maximum absolute atomic E-state index is 13.7. The van der Waals surface area contributed by atoms with Gasteiger partial charge in [-0.25, -0.2) is 0 Å². The number of hydrogen-bond donors (Lipinski definition) is 0. The molecule has 0 unspecified atom stereocenters. The first-order valence-electron chi connectivity index (χ1n) is 9.94. The van der Waals surface area contributed by atoms with Crippen LogP contribution < -0.4 is 5.56 Å². The Bertz CT molecular complexity index is 1590. The minimum Gasteiger partial charge on any atom is -0.288 e. The van der Waals surface area contributed by atoms with Gasteiger partial charge in [-0.2, -0.15) is 0 Å². The van der Waals surface area contributed by atoms with E-state index in [0.29, 0.717) is 20.9 Å². The average molecular weight is 463 g/mol. The molecule has 31 heavy (non-hydrogen) atoms. The molecule has 0 aliphatic rings. The number of hydrogen-bond acceptors (Lipinski definition) is 3. The molecule has 0 atom stereocenters. The minimum atomic E-state index is -0.0300. The highest BCUT2D eigenvalue weighted by atomic mass is 35.5. The zero-order chi connectivity index (χ0) is 21.7. The largest absolute Gasteiger partial charge is 0.288 e. The third-order valence-corrected chi connectivity index (χ3v) is 7.34. The normalized spacial score (nSPS) is 11.5. The lowest BCUT2D eigenvalue weighted by Crippen LogP contribution is -2.24. The van der Waals surface area contributed by atoms with Crippen molar-refractivity contribution in [1.29, 1.82) is 0 Å². The lowest BCUT2D eigenvalue weighted by Gasteiger charge is -2.15. The van der Waals surface area contributed by atoms with E-state index in [1.54, 1.807) is 0 Å². The van der Waals surface area contributed by atoms with Crippen LogP contribution in [0.5, 0.6) is 0 Å². The van der Waals surface area contributed by atoms with Crippen LogP contribution in [0.3, 0.4) is 0 Å². The SMILES string of the molecule is Cc1ccc(C)c(Cn2c(=O)c3ccccc3n3c(=S)sc(-c4ccccc4Cl)c23)c1. The summed E-state index contributed by atoms with van der Waals surface area (Å²) >= 11 is 13.8. The molecule has 0 N–H and O–H groups in total. The van der Waals surface area contributed by atoms with Crippen molar-refractivity contribution in [2.75, 3.05) is 0 Å². The quantitative estimate of drug-likeness (QED) is 0.269. The monoisotopic (exact) mass is 462 g/mol. The maximum atomic E-state index is 13.7. The number of para-hydroxylation sites is 1. The number of nitrogens with zero attached hydrogens (tertiary/aromatic N) is 2. The molecule has 0 fully saturated rings. The average Bonchev–Trinajstić information content (AvgIpc) is 3.10. The Kier molecular flexibility index (Phi) is 5.05. The van der Waals surface area contributed by atoms with E-state index in [1.807, 2.05) is 57.5 Å². The number of fused-ring (bicyclic) bond motifs is 3. The van der Waals surface area contributed by atoms with E-state index in [1.165, 1.54) is 16.9 Å². The third-order valence-electron chi connectivity index (χ3n) is 5.61. The van der Waals surface area contributed by atoms with Gasteiger partial charge in [0.2, 0.25) is 0 Å². The summed E-state index contributed by atoms with van der Waals surface area (Å²) in [7, 11) is 0. The highest BCUT2D eigenvalue weighted by molar-refractivity contribution is 7.73. The van der Waals surface area contributed by atoms with Gasteiger partial charge in [-0.15, -0.1) is 11.3 Å². The molecule has 5 aromatic rings. The number of aryl methyl sites for hydroxylation is 2. The van der Waals surface area contributed by atoms with E-state index >= 15 is 0 Å². The molecule has 0 amide bonds. The van der Waals surface area contributed by atoms with Crippen molar-refractivity contribution in [3.05, 3.63) is 103 Å². The number of halogens is 1. The van der Waals surface area contributed by atoms with Crippen molar-refractivity contribution in [3.63, 3.8) is 0 Å². The van der Waals surface area contributed by atoms with Crippen molar-refractivity contribution in [3.8, 4) is 10.4 Å². The third kappa shape index (κ3) is 3.33. The molecule has 3 aromatic carbocycles. The van der Waals surface area contributed by atoms with Crippen LogP contribution in [0.2, 0.25) is 5.02 Å². The fourth-order valence-corrected chi connectivity index (χ4v) is 5.77. The first-order chi connectivity index (χ1) is 15.0. The summed E-state index contributed by atoms with van der Waals surface area (Å²) in [5, 5.41) is 1.29. The molecule has 0 saturated heterocycles. The Morgan fingerprint density at radius 2 is 1.74 bits per heavy atom. The zero-order valence-electron chi connectivity index (χ0n) is 17.1. The Balaban J connectivity index is 1.94. The van der Waals surface area contributed by atoms with Gasteiger partial charge in [0.05, 0.1) is 22.3 Å². The highest BCUT2D eigenvalue weighted by Crippen LogP contribution is 2.37. The first-order valence-corrected chi connectivity index (χ1v) is 11.5. The summed E-state index contributed by atoms with van der Waals surface area (Å²) < 4.78 is 4.55. The smallest absolute Gasteiger partial charge is 0.261 e. The van der Waals surface area contributed by atoms with Crippen molar-refractivity contribution in [1.82, 2.24) is 8.97 Å². The van der Waals surface area contributed by atoms with Crippen LogP contribution in [0.1, 0.15) is 16.7 Å². The summed E-state index contributed by atoms with van der Waals surface area (Å²) in [5.41, 5.74) is 5.88. The van der Waals surface area contributed by atoms with Crippen LogP contribution in [0.25, 0.3) is 27.0 Å². The second kappa shape index (κ2) is 7.75. The van der Waals surface area contributed by atoms with Crippen molar-refractivity contribution in [2.45, 2.75) is 20.4 Å². The van der Waals surface area contributed by atoms with Gasteiger partial charge in [-0.05, 0) is 55.4 Å². The molecule has 0 spiro atoms. The van der Waals surface area contributed by atoms with Crippen LogP contribution in [0, 0.1) is 17.8 Å². The van der Waals surface area contributed by atoms with E-state index in [4.69, 9.17) is 23.8 Å². The van der Waals surface area contributed by atoms with Gasteiger partial charge in [0.15, 0.2) is 3.95 Å². The molecule has 2 heterocycles. The molecular weight excluding hydrogens is 444 g/mol. The number of benzene rings is 3. The maximum Gasteiger partial charge on any atom is 0.261 e. The summed E-state index contributed by atoms with van der Waals surface area (Å²) in [6.45, 7) is 4.60. The van der Waals surface area contributed by atoms with E-state index in [0.717, 1.165) is 32.7 Å². The lowest BCUT2D eigenvalue weighted by molar-refractivity contribution is 0.775. The Hall–Kier alpha value is -2.73. The number of aromatic nitrogens is 2. The van der Waals surface area contributed by atoms with Gasteiger partial charge in [-0.1, -0.05) is 65.7 Å². The van der Waals surface area contributed by atoms with Crippen LogP contribution in [-0.2, 0) is 6.54 Å². The zero-order valence-corrected chi connectivity index (χ0v) is 19.4. The van der Waals surface area contributed by atoms with Gasteiger partial charge in [0, 0.05) is 10.6 Å². The van der Waals surface area contributed by atoms with Gasteiger partial charge in [-0.3, -0.25) is 13.8 Å². The van der Waals surface area contributed by atoms with Gasteiger partial charge >= 0.3 is 0 Å². The lowest BCUT2D eigenvalue weighted by atomic mass is 10.1. The second-order valence-corrected chi connectivity index (χ2v) is 9.73. The van der Waals surface area contributed by atoms with E-state index in [2.05, 4.69) is 32.0 Å². The predicted octanol–water partition coefficient (Wildman–Crippen LogP) is 7.03. The fraction of sp³-hybridized carbons (Fsp3) is 0.120. The summed E-state index contributed by atoms with van der Waals surface area (Å²) in [4.78, 5) is 14.6. The molecule has 154 valence electrons. The molecule has 0 aliphatic heterocycles. The van der Waals surface area contributed by atoms with Crippen molar-refractivity contribution in [2.24, 2.45) is 0 Å². The summed E-state index contributed by atoms with van der Waals surface area (Å²) in [6.07, 6.45) is 0. The van der Waals surface area contributed by atoms with Gasteiger partial charge in [0.25, 0.3) is 5.56 Å². The second-order valence-electron chi connectivity index (χ2n) is 7.67. The Labute approximate surface area is 193 Å². The van der Waals surface area contributed by atoms with Crippen LogP contribution in [-0.4, -0.2) is 8.97 Å². The van der Waals surface area contributed by atoms with Crippen molar-refractivity contribution >= 4 is 51.7 Å². The van der Waals surface area contributed by atoms with Crippen molar-refractivity contribution < 1.29 is 0 Å². The molecule has 6 heteroatoms. The summed E-state index contributed by atoms with van der Waals surface area (Å²) in [5.74, 6) is 0. The Morgan fingerprint density at radius 3 is 2.55 bits per heavy atom. The molecule has 3 nitrogen and oxygen atoms in total. The number of rotatable bonds is 3. The molecule has 5 rings (SSSR count). The van der Waals surface area contributed by atoms with Gasteiger partial charge < -0.3 is 0 Å². The standard InChI is InChI=1S/C25H19ClN2OS2/c1-15-11-12-16(2)17(13-15)14-27-23-22(18-7-3-5-9-20(18)26)31-25(30)28(23)21-10-6-4-8-19(21)24(27)29/h3-13H,14H2,1-2H3. The topological polar surface area (TPSA) is 26.4 Å². The first kappa shape index (κ1) is 20.2. The van der Waals surface area contributed by atoms with Crippen LogP contribution in [0.4, 0.5) is 0 Å². The minimum absolute atomic E-state index is 0.0300. The molecule has 0 saturated carbocycles. The van der Waals surface area contributed by atoms with Crippen LogP contribution >= 0.6 is 35.2 Å². The predicted molar refractivity (Wildman–Crippen MR) is 133 cm³/mol. The fourth-order valence-electron chi connectivity index (χ4n) is 4.02. The van der Waals surface area contributed by atoms with E-state index < -0.39 is 0 Å².